The number of nitrogen functional groups attached to an aromatic ring is 2. The second kappa shape index (κ2) is 4.96. The number of aryl methyl sites for hydroxylation is 4. The third kappa shape index (κ3) is 2.73. The van der Waals surface area contributed by atoms with Gasteiger partial charge in [-0.3, -0.25) is 0 Å². The third-order valence-corrected chi connectivity index (χ3v) is 3.83. The minimum absolute atomic E-state index is 0.860. The molecule has 0 saturated carbocycles. The zero-order valence-electron chi connectivity index (χ0n) is 12.2. The highest BCUT2D eigenvalue weighted by Gasteiger charge is 2.07. The monoisotopic (exact) mass is 254 g/mol. The molecular weight excluding hydrogens is 232 g/mol. The molecule has 2 heteroatoms. The average Bonchev–Trinajstić information content (AvgIpc) is 2.32. The van der Waals surface area contributed by atoms with E-state index in [0.29, 0.717) is 0 Å². The van der Waals surface area contributed by atoms with Gasteiger partial charge in [0.2, 0.25) is 0 Å². The van der Waals surface area contributed by atoms with E-state index in [1.807, 2.05) is 13.8 Å². The van der Waals surface area contributed by atoms with Gasteiger partial charge in [-0.2, -0.15) is 0 Å². The Kier molecular flexibility index (Phi) is 3.52. The van der Waals surface area contributed by atoms with Gasteiger partial charge in [0, 0.05) is 11.4 Å². The van der Waals surface area contributed by atoms with Crippen molar-refractivity contribution in [3.8, 4) is 0 Å². The smallest absolute Gasteiger partial charge is 0.0346 e. The van der Waals surface area contributed by atoms with Crippen LogP contribution in [-0.4, -0.2) is 0 Å². The minimum Gasteiger partial charge on any atom is -0.399 e. The van der Waals surface area contributed by atoms with Crippen LogP contribution in [0.15, 0.2) is 24.3 Å². The molecule has 2 aromatic carbocycles. The molecule has 0 unspecified atom stereocenters. The van der Waals surface area contributed by atoms with Crippen LogP contribution in [0.25, 0.3) is 0 Å². The highest BCUT2D eigenvalue weighted by molar-refractivity contribution is 5.55. The van der Waals surface area contributed by atoms with E-state index in [9.17, 15) is 0 Å². The average molecular weight is 254 g/mol. The van der Waals surface area contributed by atoms with E-state index >= 15 is 0 Å². The van der Waals surface area contributed by atoms with Crippen molar-refractivity contribution in [2.75, 3.05) is 11.5 Å². The van der Waals surface area contributed by atoms with Crippen LogP contribution >= 0.6 is 0 Å². The van der Waals surface area contributed by atoms with Crippen molar-refractivity contribution in [3.63, 3.8) is 0 Å². The molecule has 0 spiro atoms. The summed E-state index contributed by atoms with van der Waals surface area (Å²) in [7, 11) is 0. The van der Waals surface area contributed by atoms with Gasteiger partial charge in [-0.05, 0) is 79.6 Å². The van der Waals surface area contributed by atoms with Crippen LogP contribution in [0.4, 0.5) is 11.4 Å². The molecule has 2 nitrogen and oxygen atoms in total. The Labute approximate surface area is 115 Å². The zero-order valence-corrected chi connectivity index (χ0v) is 12.2. The summed E-state index contributed by atoms with van der Waals surface area (Å²) in [6.45, 7) is 8.35. The number of benzene rings is 2. The van der Waals surface area contributed by atoms with Crippen molar-refractivity contribution in [2.45, 2.75) is 34.1 Å². The van der Waals surface area contributed by atoms with E-state index in [0.717, 1.165) is 28.9 Å². The zero-order chi connectivity index (χ0) is 14.2. The molecule has 0 heterocycles. The highest BCUT2D eigenvalue weighted by Crippen LogP contribution is 2.24. The highest BCUT2D eigenvalue weighted by atomic mass is 14.6. The summed E-state index contributed by atoms with van der Waals surface area (Å²) in [4.78, 5) is 0. The molecule has 0 atom stereocenters. The summed E-state index contributed by atoms with van der Waals surface area (Å²) in [5, 5.41) is 0. The van der Waals surface area contributed by atoms with Crippen LogP contribution in [0.2, 0.25) is 0 Å². The maximum absolute atomic E-state index is 6.01. The van der Waals surface area contributed by atoms with Crippen LogP contribution in [0.3, 0.4) is 0 Å². The largest absolute Gasteiger partial charge is 0.399 e. The number of hydrogen-bond donors (Lipinski definition) is 2. The summed E-state index contributed by atoms with van der Waals surface area (Å²) < 4.78 is 0. The lowest BCUT2D eigenvalue weighted by Crippen LogP contribution is -2.00. The van der Waals surface area contributed by atoms with Crippen molar-refractivity contribution >= 4 is 11.4 Å². The fraction of sp³-hybridized carbons (Fsp3) is 0.294. The fourth-order valence-electron chi connectivity index (χ4n) is 2.42. The summed E-state index contributed by atoms with van der Waals surface area (Å²) >= 11 is 0. The van der Waals surface area contributed by atoms with Gasteiger partial charge in [0.15, 0.2) is 0 Å². The molecule has 0 aliphatic rings. The van der Waals surface area contributed by atoms with Crippen molar-refractivity contribution in [1.82, 2.24) is 0 Å². The predicted molar refractivity (Wildman–Crippen MR) is 83.5 cm³/mol. The van der Waals surface area contributed by atoms with Crippen LogP contribution in [0.1, 0.15) is 33.4 Å². The molecule has 2 rings (SSSR count). The lowest BCUT2D eigenvalue weighted by atomic mass is 9.94. The standard InChI is InChI=1S/C17H22N2/c1-10-5-12(3)16(18)8-14(10)7-15-9-17(19)13(4)6-11(15)2/h5-6,8-9H,7,18-19H2,1-4H3. The number of rotatable bonds is 2. The van der Waals surface area contributed by atoms with Gasteiger partial charge in [-0.25, -0.2) is 0 Å². The van der Waals surface area contributed by atoms with Gasteiger partial charge in [-0.1, -0.05) is 12.1 Å². The second-order valence-electron chi connectivity index (χ2n) is 5.45. The summed E-state index contributed by atoms with van der Waals surface area (Å²) in [5.74, 6) is 0. The van der Waals surface area contributed by atoms with Gasteiger partial charge in [-0.15, -0.1) is 0 Å². The maximum atomic E-state index is 6.01. The molecule has 0 aromatic heterocycles. The first-order valence-electron chi connectivity index (χ1n) is 6.59. The van der Waals surface area contributed by atoms with E-state index in [-0.39, 0.29) is 0 Å². The molecule has 19 heavy (non-hydrogen) atoms. The number of anilines is 2. The number of hydrogen-bond acceptors (Lipinski definition) is 2. The van der Waals surface area contributed by atoms with E-state index in [1.165, 1.54) is 22.3 Å². The lowest BCUT2D eigenvalue weighted by Gasteiger charge is -2.13. The first-order chi connectivity index (χ1) is 8.88. The van der Waals surface area contributed by atoms with E-state index in [4.69, 9.17) is 11.5 Å². The van der Waals surface area contributed by atoms with E-state index in [2.05, 4.69) is 38.1 Å². The first-order valence-corrected chi connectivity index (χ1v) is 6.59. The Balaban J connectivity index is 2.42. The Hall–Kier alpha value is -1.96. The molecule has 0 aliphatic carbocycles. The Bertz CT molecular complexity index is 572. The van der Waals surface area contributed by atoms with Crippen LogP contribution in [0.5, 0.6) is 0 Å². The van der Waals surface area contributed by atoms with Gasteiger partial charge < -0.3 is 11.5 Å². The van der Waals surface area contributed by atoms with Crippen molar-refractivity contribution in [1.29, 1.82) is 0 Å². The van der Waals surface area contributed by atoms with Crippen molar-refractivity contribution in [3.05, 3.63) is 57.6 Å². The molecule has 0 bridgehead atoms. The Morgan fingerprint density at radius 2 is 1.00 bits per heavy atom. The second-order valence-corrected chi connectivity index (χ2v) is 5.45. The maximum Gasteiger partial charge on any atom is 0.0346 e. The SMILES string of the molecule is Cc1cc(C)c(Cc2cc(N)c(C)cc2C)cc1N. The van der Waals surface area contributed by atoms with Gasteiger partial charge in [0.25, 0.3) is 0 Å². The summed E-state index contributed by atoms with van der Waals surface area (Å²) in [6.07, 6.45) is 0.882. The fourth-order valence-corrected chi connectivity index (χ4v) is 2.42. The molecule has 2 aromatic rings. The van der Waals surface area contributed by atoms with Gasteiger partial charge in [0.05, 0.1) is 0 Å². The number of nitrogens with two attached hydrogens (primary N) is 2. The molecular formula is C17H22N2. The molecule has 100 valence electrons. The first kappa shape index (κ1) is 13.5. The molecule has 0 radical (unpaired) electrons. The van der Waals surface area contributed by atoms with Gasteiger partial charge in [0.1, 0.15) is 0 Å². The summed E-state index contributed by atoms with van der Waals surface area (Å²) in [5.41, 5.74) is 21.1. The minimum atomic E-state index is 0.860. The predicted octanol–water partition coefficient (Wildman–Crippen LogP) is 3.68. The molecule has 0 amide bonds. The topological polar surface area (TPSA) is 52.0 Å². The van der Waals surface area contributed by atoms with Gasteiger partial charge >= 0.3 is 0 Å². The van der Waals surface area contributed by atoms with Crippen LogP contribution < -0.4 is 11.5 Å². The summed E-state index contributed by atoms with van der Waals surface area (Å²) in [6, 6.07) is 8.47. The van der Waals surface area contributed by atoms with Crippen LogP contribution in [0, 0.1) is 27.7 Å². The Morgan fingerprint density at radius 3 is 1.37 bits per heavy atom. The Morgan fingerprint density at radius 1 is 0.632 bits per heavy atom. The third-order valence-electron chi connectivity index (χ3n) is 3.83. The van der Waals surface area contributed by atoms with Crippen molar-refractivity contribution in [2.24, 2.45) is 0 Å². The van der Waals surface area contributed by atoms with E-state index in [1.54, 1.807) is 0 Å². The molecule has 0 aliphatic heterocycles. The van der Waals surface area contributed by atoms with Crippen molar-refractivity contribution < 1.29 is 0 Å². The van der Waals surface area contributed by atoms with E-state index < -0.39 is 0 Å². The molecule has 0 fully saturated rings. The molecule has 4 N–H and O–H groups in total. The normalized spacial score (nSPS) is 10.7. The lowest BCUT2D eigenvalue weighted by molar-refractivity contribution is 1.12. The molecule has 0 saturated heterocycles. The quantitative estimate of drug-likeness (QED) is 0.803. The van der Waals surface area contributed by atoms with Crippen LogP contribution in [-0.2, 0) is 6.42 Å².